The Hall–Kier alpha value is -2.02. The highest BCUT2D eigenvalue weighted by molar-refractivity contribution is 7.92. The van der Waals surface area contributed by atoms with Crippen LogP contribution in [0.1, 0.15) is 18.1 Å². The van der Waals surface area contributed by atoms with E-state index in [4.69, 9.17) is 0 Å². The van der Waals surface area contributed by atoms with E-state index in [1.807, 2.05) is 6.92 Å². The van der Waals surface area contributed by atoms with Crippen molar-refractivity contribution < 1.29 is 21.6 Å². The van der Waals surface area contributed by atoms with E-state index < -0.39 is 21.8 Å². The molecule has 2 rings (SSSR count). The van der Waals surface area contributed by atoms with Crippen LogP contribution < -0.4 is 4.72 Å². The molecular weight excluding hydrogens is 315 g/mol. The Bertz CT molecular complexity index is 736. The lowest BCUT2D eigenvalue weighted by atomic mass is 10.2. The number of hydrogen-bond acceptors (Lipinski definition) is 2. The highest BCUT2D eigenvalue weighted by atomic mass is 32.2. The molecule has 0 radical (unpaired) electrons. The third kappa shape index (κ3) is 3.79. The zero-order chi connectivity index (χ0) is 16.4. The third-order valence-corrected chi connectivity index (χ3v) is 4.50. The number of aryl methyl sites for hydroxylation is 1. The number of hydrogen-bond donors (Lipinski definition) is 1. The predicted octanol–water partition coefficient (Wildman–Crippen LogP) is 4.07. The van der Waals surface area contributed by atoms with Gasteiger partial charge in [0.05, 0.1) is 10.5 Å². The lowest BCUT2D eigenvalue weighted by molar-refractivity contribution is -0.137. The van der Waals surface area contributed by atoms with Gasteiger partial charge in [-0.15, -0.1) is 0 Å². The van der Waals surface area contributed by atoms with Crippen molar-refractivity contribution in [3.63, 3.8) is 0 Å². The molecule has 0 aliphatic rings. The number of rotatable bonds is 4. The second-order valence-corrected chi connectivity index (χ2v) is 6.36. The molecule has 22 heavy (non-hydrogen) atoms. The summed E-state index contributed by atoms with van der Waals surface area (Å²) in [7, 11) is -3.91. The fourth-order valence-electron chi connectivity index (χ4n) is 1.85. The summed E-state index contributed by atoms with van der Waals surface area (Å²) in [6.45, 7) is 1.97. The number of benzene rings is 2. The van der Waals surface area contributed by atoms with Crippen LogP contribution in [0.4, 0.5) is 18.9 Å². The molecular formula is C15H14F3NO2S. The minimum absolute atomic E-state index is 0.222. The van der Waals surface area contributed by atoms with Crippen LogP contribution in [0.3, 0.4) is 0 Å². The summed E-state index contributed by atoms with van der Waals surface area (Å²) in [4.78, 5) is -0.222. The van der Waals surface area contributed by atoms with Gasteiger partial charge in [-0.3, -0.25) is 4.72 Å². The number of nitrogens with one attached hydrogen (secondary N) is 1. The molecule has 0 aromatic heterocycles. The summed E-state index contributed by atoms with van der Waals surface area (Å²) in [5, 5.41) is 0. The zero-order valence-electron chi connectivity index (χ0n) is 11.7. The molecule has 0 heterocycles. The molecule has 118 valence electrons. The van der Waals surface area contributed by atoms with E-state index >= 15 is 0 Å². The van der Waals surface area contributed by atoms with Gasteiger partial charge in [0.2, 0.25) is 0 Å². The first-order valence-corrected chi connectivity index (χ1v) is 8.00. The van der Waals surface area contributed by atoms with Crippen molar-refractivity contribution in [3.05, 3.63) is 59.7 Å². The van der Waals surface area contributed by atoms with E-state index in [0.29, 0.717) is 5.69 Å². The molecule has 1 N–H and O–H groups in total. The SMILES string of the molecule is CCc1ccc(NS(=O)(=O)c2ccc(C(F)(F)F)cc2)cc1. The first kappa shape index (κ1) is 16.4. The highest BCUT2D eigenvalue weighted by Crippen LogP contribution is 2.30. The molecule has 0 amide bonds. The van der Waals surface area contributed by atoms with Crippen LogP contribution in [0, 0.1) is 0 Å². The normalized spacial score (nSPS) is 12.2. The van der Waals surface area contributed by atoms with Crippen molar-refractivity contribution in [3.8, 4) is 0 Å². The summed E-state index contributed by atoms with van der Waals surface area (Å²) < 4.78 is 64.0. The second-order valence-electron chi connectivity index (χ2n) is 4.68. The molecule has 2 aromatic rings. The van der Waals surface area contributed by atoms with Crippen LogP contribution in [0.2, 0.25) is 0 Å². The number of sulfonamides is 1. The average molecular weight is 329 g/mol. The van der Waals surface area contributed by atoms with Crippen LogP contribution in [0.15, 0.2) is 53.4 Å². The Morgan fingerprint density at radius 1 is 0.955 bits per heavy atom. The topological polar surface area (TPSA) is 46.2 Å². The molecule has 0 saturated carbocycles. The van der Waals surface area contributed by atoms with Gasteiger partial charge in [-0.05, 0) is 48.4 Å². The molecule has 7 heteroatoms. The summed E-state index contributed by atoms with van der Waals surface area (Å²) in [6, 6.07) is 10.1. The van der Waals surface area contributed by atoms with Gasteiger partial charge < -0.3 is 0 Å². The largest absolute Gasteiger partial charge is 0.416 e. The van der Waals surface area contributed by atoms with Crippen molar-refractivity contribution in [2.75, 3.05) is 4.72 Å². The van der Waals surface area contributed by atoms with E-state index in [1.165, 1.54) is 0 Å². The van der Waals surface area contributed by atoms with Crippen LogP contribution >= 0.6 is 0 Å². The first-order valence-electron chi connectivity index (χ1n) is 6.51. The summed E-state index contributed by atoms with van der Waals surface area (Å²) in [6.07, 6.45) is -3.67. The van der Waals surface area contributed by atoms with Gasteiger partial charge in [-0.2, -0.15) is 13.2 Å². The fourth-order valence-corrected chi connectivity index (χ4v) is 2.90. The maximum Gasteiger partial charge on any atom is 0.416 e. The van der Waals surface area contributed by atoms with Crippen molar-refractivity contribution in [1.82, 2.24) is 0 Å². The van der Waals surface area contributed by atoms with E-state index in [-0.39, 0.29) is 4.90 Å². The number of anilines is 1. The predicted molar refractivity (Wildman–Crippen MR) is 78.1 cm³/mol. The third-order valence-electron chi connectivity index (χ3n) is 3.11. The van der Waals surface area contributed by atoms with Gasteiger partial charge in [0.1, 0.15) is 0 Å². The maximum absolute atomic E-state index is 12.5. The number of alkyl halides is 3. The Balaban J connectivity index is 2.22. The Morgan fingerprint density at radius 2 is 1.50 bits per heavy atom. The van der Waals surface area contributed by atoms with Crippen LogP contribution in [-0.2, 0) is 22.6 Å². The molecule has 2 aromatic carbocycles. The molecule has 0 unspecified atom stereocenters. The standard InChI is InChI=1S/C15H14F3NO2S/c1-2-11-3-7-13(8-4-11)19-22(20,21)14-9-5-12(6-10-14)15(16,17)18/h3-10,19H,2H2,1H3. The summed E-state index contributed by atoms with van der Waals surface area (Å²) in [5.74, 6) is 0. The Kier molecular flexibility index (Phi) is 4.46. The highest BCUT2D eigenvalue weighted by Gasteiger charge is 2.30. The second kappa shape index (κ2) is 6.00. The van der Waals surface area contributed by atoms with Crippen molar-refractivity contribution >= 4 is 15.7 Å². The molecule has 0 bridgehead atoms. The zero-order valence-corrected chi connectivity index (χ0v) is 12.5. The van der Waals surface area contributed by atoms with Gasteiger partial charge in [0.15, 0.2) is 0 Å². The van der Waals surface area contributed by atoms with Crippen LogP contribution in [0.25, 0.3) is 0 Å². The van der Waals surface area contributed by atoms with E-state index in [0.717, 1.165) is 36.2 Å². The molecule has 0 fully saturated rings. The monoisotopic (exact) mass is 329 g/mol. The smallest absolute Gasteiger partial charge is 0.280 e. The maximum atomic E-state index is 12.5. The molecule has 3 nitrogen and oxygen atoms in total. The molecule has 0 saturated heterocycles. The van der Waals surface area contributed by atoms with Gasteiger partial charge in [0.25, 0.3) is 10.0 Å². The summed E-state index contributed by atoms with van der Waals surface area (Å²) >= 11 is 0. The minimum Gasteiger partial charge on any atom is -0.280 e. The van der Waals surface area contributed by atoms with Crippen LogP contribution in [0.5, 0.6) is 0 Å². The van der Waals surface area contributed by atoms with E-state index in [9.17, 15) is 21.6 Å². The molecule has 0 spiro atoms. The lowest BCUT2D eigenvalue weighted by Crippen LogP contribution is -2.13. The van der Waals surface area contributed by atoms with E-state index in [2.05, 4.69) is 4.72 Å². The van der Waals surface area contributed by atoms with Gasteiger partial charge in [-0.25, -0.2) is 8.42 Å². The average Bonchev–Trinajstić information content (AvgIpc) is 2.47. The quantitative estimate of drug-likeness (QED) is 0.919. The van der Waals surface area contributed by atoms with Crippen LogP contribution in [-0.4, -0.2) is 8.42 Å². The van der Waals surface area contributed by atoms with Crippen molar-refractivity contribution in [1.29, 1.82) is 0 Å². The van der Waals surface area contributed by atoms with Gasteiger partial charge in [0, 0.05) is 5.69 Å². The summed E-state index contributed by atoms with van der Waals surface area (Å²) in [5.41, 5.74) is 0.522. The Morgan fingerprint density at radius 3 is 1.95 bits per heavy atom. The van der Waals surface area contributed by atoms with E-state index in [1.54, 1.807) is 24.3 Å². The van der Waals surface area contributed by atoms with Gasteiger partial charge in [-0.1, -0.05) is 19.1 Å². The van der Waals surface area contributed by atoms with Crippen molar-refractivity contribution in [2.24, 2.45) is 0 Å². The minimum atomic E-state index is -4.49. The lowest BCUT2D eigenvalue weighted by Gasteiger charge is -2.10. The Labute approximate surface area is 126 Å². The first-order chi connectivity index (χ1) is 10.2. The molecule has 0 atom stereocenters. The number of halogens is 3. The van der Waals surface area contributed by atoms with Gasteiger partial charge >= 0.3 is 6.18 Å². The van der Waals surface area contributed by atoms with Crippen molar-refractivity contribution in [2.45, 2.75) is 24.4 Å². The molecule has 0 aliphatic carbocycles. The fraction of sp³-hybridized carbons (Fsp3) is 0.200. The molecule has 0 aliphatic heterocycles.